The number of hydrogen-bond donors (Lipinski definition) is 4. The molecule has 1 fully saturated rings. The normalized spacial score (nSPS) is 23.9. The van der Waals surface area contributed by atoms with Crippen LogP contribution in [0.25, 0.3) is 11.4 Å². The number of benzene rings is 1. The number of nitrogens with one attached hydrogen (secondary N) is 2. The van der Waals surface area contributed by atoms with Gasteiger partial charge < -0.3 is 20.2 Å². The molecule has 8 heteroatoms. The van der Waals surface area contributed by atoms with Gasteiger partial charge in [0.25, 0.3) is 0 Å². The van der Waals surface area contributed by atoms with Crippen molar-refractivity contribution in [3.63, 3.8) is 0 Å². The van der Waals surface area contributed by atoms with Gasteiger partial charge in [0.1, 0.15) is 0 Å². The maximum Gasteiger partial charge on any atom is 0.244 e. The van der Waals surface area contributed by atoms with Gasteiger partial charge in [-0.3, -0.25) is 0 Å². The molecule has 1 aliphatic rings. The summed E-state index contributed by atoms with van der Waals surface area (Å²) in [4.78, 5) is 4.25. The SMILES string of the molecule is [O-][NH+](O)c1cccc(-c2noc(C3CC(O)CN3)n2)c1. The first kappa shape index (κ1) is 13.2. The maximum atomic E-state index is 10.9. The van der Waals surface area contributed by atoms with E-state index < -0.39 is 11.3 Å². The Bertz CT molecular complexity index is 601. The summed E-state index contributed by atoms with van der Waals surface area (Å²) in [5.41, 5.74) is 0.752. The smallest absolute Gasteiger partial charge is 0.244 e. The molecule has 4 N–H and O–H groups in total. The van der Waals surface area contributed by atoms with E-state index in [0.29, 0.717) is 30.2 Å². The van der Waals surface area contributed by atoms with E-state index in [0.717, 1.165) is 0 Å². The van der Waals surface area contributed by atoms with Crippen LogP contribution in [0.5, 0.6) is 0 Å². The van der Waals surface area contributed by atoms with Crippen LogP contribution in [0.3, 0.4) is 0 Å². The second-order valence-corrected chi connectivity index (χ2v) is 4.69. The standard InChI is InChI=1S/C12H14N4O4/c17-9-5-10(13-6-9)12-14-11(15-20-12)7-2-1-3-8(4-7)16(18)19/h1-4,9-10,13,16-18H,5-6H2. The largest absolute Gasteiger partial charge is 0.595 e. The molecule has 1 aromatic heterocycles. The zero-order chi connectivity index (χ0) is 14.1. The topological polar surface area (TPSA) is 119 Å². The lowest BCUT2D eigenvalue weighted by atomic mass is 10.2. The van der Waals surface area contributed by atoms with Crippen molar-refractivity contribution in [3.8, 4) is 11.4 Å². The number of aliphatic hydroxyl groups excluding tert-OH is 1. The van der Waals surface area contributed by atoms with Crippen molar-refractivity contribution in [3.05, 3.63) is 35.4 Å². The molecule has 0 spiro atoms. The van der Waals surface area contributed by atoms with Gasteiger partial charge in [-0.1, -0.05) is 17.3 Å². The molecule has 2 heterocycles. The lowest BCUT2D eigenvalue weighted by Gasteiger charge is -2.11. The molecular formula is C12H14N4O4. The van der Waals surface area contributed by atoms with E-state index in [2.05, 4.69) is 15.5 Å². The van der Waals surface area contributed by atoms with Crippen LogP contribution in [0.4, 0.5) is 5.69 Å². The summed E-state index contributed by atoms with van der Waals surface area (Å²) in [6.45, 7) is 0.497. The first-order chi connectivity index (χ1) is 9.63. The third-order valence-electron chi connectivity index (χ3n) is 3.22. The lowest BCUT2D eigenvalue weighted by Crippen LogP contribution is -2.99. The molecule has 3 unspecified atom stereocenters. The summed E-state index contributed by atoms with van der Waals surface area (Å²) in [7, 11) is 0. The van der Waals surface area contributed by atoms with Crippen LogP contribution in [0, 0.1) is 5.21 Å². The van der Waals surface area contributed by atoms with Gasteiger partial charge >= 0.3 is 0 Å². The molecule has 20 heavy (non-hydrogen) atoms. The van der Waals surface area contributed by atoms with Crippen molar-refractivity contribution in [2.24, 2.45) is 0 Å². The minimum absolute atomic E-state index is 0.158. The Balaban J connectivity index is 1.84. The highest BCUT2D eigenvalue weighted by atomic mass is 16.8. The van der Waals surface area contributed by atoms with Gasteiger partial charge in [-0.05, 0) is 6.42 Å². The zero-order valence-electron chi connectivity index (χ0n) is 10.5. The van der Waals surface area contributed by atoms with Crippen LogP contribution in [0.1, 0.15) is 18.4 Å². The van der Waals surface area contributed by atoms with E-state index in [1.807, 2.05) is 0 Å². The van der Waals surface area contributed by atoms with Crippen molar-refractivity contribution in [1.29, 1.82) is 0 Å². The molecule has 0 bridgehead atoms. The Morgan fingerprint density at radius 3 is 3.00 bits per heavy atom. The van der Waals surface area contributed by atoms with Crippen LogP contribution in [0.15, 0.2) is 28.8 Å². The van der Waals surface area contributed by atoms with Crippen LogP contribution >= 0.6 is 0 Å². The summed E-state index contributed by atoms with van der Waals surface area (Å²) < 4.78 is 5.17. The van der Waals surface area contributed by atoms with Crippen molar-refractivity contribution in [1.82, 2.24) is 15.5 Å². The molecule has 8 nitrogen and oxygen atoms in total. The first-order valence-corrected chi connectivity index (χ1v) is 6.22. The molecule has 1 saturated heterocycles. The Kier molecular flexibility index (Phi) is 3.47. The van der Waals surface area contributed by atoms with Gasteiger partial charge in [0, 0.05) is 24.2 Å². The van der Waals surface area contributed by atoms with Gasteiger partial charge in [0.05, 0.1) is 12.1 Å². The number of β-amino-alcohol motifs (C(OH)–C–C–N with tert-alkyl or cyclic N) is 1. The fraction of sp³-hybridized carbons (Fsp3) is 0.333. The predicted octanol–water partition coefficient (Wildman–Crippen LogP) is -0.465. The van der Waals surface area contributed by atoms with E-state index in [-0.39, 0.29) is 11.7 Å². The molecule has 1 aliphatic heterocycles. The number of rotatable bonds is 3. The van der Waals surface area contributed by atoms with Crippen molar-refractivity contribution >= 4 is 5.69 Å². The fourth-order valence-corrected chi connectivity index (χ4v) is 2.19. The maximum absolute atomic E-state index is 10.9. The van der Waals surface area contributed by atoms with Gasteiger partial charge in [0.15, 0.2) is 5.69 Å². The third-order valence-corrected chi connectivity index (χ3v) is 3.22. The molecule has 0 amide bonds. The molecular weight excluding hydrogens is 264 g/mol. The molecule has 0 radical (unpaired) electrons. The Morgan fingerprint density at radius 1 is 1.45 bits per heavy atom. The second-order valence-electron chi connectivity index (χ2n) is 4.69. The summed E-state index contributed by atoms with van der Waals surface area (Å²) >= 11 is 0. The number of quaternary nitrogens is 1. The van der Waals surface area contributed by atoms with E-state index in [9.17, 15) is 10.3 Å². The average Bonchev–Trinajstić information content (AvgIpc) is 3.07. The minimum Gasteiger partial charge on any atom is -0.595 e. The number of aliphatic hydroxyl groups is 1. The number of hydrogen-bond acceptors (Lipinski definition) is 7. The highest BCUT2D eigenvalue weighted by molar-refractivity contribution is 5.58. The van der Waals surface area contributed by atoms with Crippen molar-refractivity contribution < 1.29 is 20.1 Å². The first-order valence-electron chi connectivity index (χ1n) is 6.22. The lowest BCUT2D eigenvalue weighted by molar-refractivity contribution is -0.991. The van der Waals surface area contributed by atoms with Crippen LogP contribution in [-0.2, 0) is 0 Å². The second kappa shape index (κ2) is 5.27. The third kappa shape index (κ3) is 2.55. The molecule has 0 saturated carbocycles. The van der Waals surface area contributed by atoms with Crippen molar-refractivity contribution in [2.45, 2.75) is 18.6 Å². The van der Waals surface area contributed by atoms with Crippen LogP contribution < -0.4 is 10.5 Å². The Morgan fingerprint density at radius 2 is 2.30 bits per heavy atom. The molecule has 3 atom stereocenters. The zero-order valence-corrected chi connectivity index (χ0v) is 10.5. The minimum atomic E-state index is -1.00. The molecule has 0 aliphatic carbocycles. The van der Waals surface area contributed by atoms with Gasteiger partial charge in [-0.2, -0.15) is 10.2 Å². The predicted molar refractivity (Wildman–Crippen MR) is 66.9 cm³/mol. The molecule has 1 aromatic carbocycles. The summed E-state index contributed by atoms with van der Waals surface area (Å²) in [5, 5.41) is 35.3. The monoisotopic (exact) mass is 278 g/mol. The van der Waals surface area contributed by atoms with Crippen LogP contribution in [0.2, 0.25) is 0 Å². The highest BCUT2D eigenvalue weighted by Gasteiger charge is 2.28. The molecule has 3 rings (SSSR count). The summed E-state index contributed by atoms with van der Waals surface area (Å²) in [5.74, 6) is 0.739. The van der Waals surface area contributed by atoms with Gasteiger partial charge in [-0.25, -0.2) is 5.21 Å². The van der Waals surface area contributed by atoms with E-state index in [1.54, 1.807) is 12.1 Å². The van der Waals surface area contributed by atoms with E-state index >= 15 is 0 Å². The highest BCUT2D eigenvalue weighted by Crippen LogP contribution is 2.25. The van der Waals surface area contributed by atoms with E-state index in [4.69, 9.17) is 9.73 Å². The molecule has 2 aromatic rings. The average molecular weight is 278 g/mol. The number of nitrogens with zero attached hydrogens (tertiary/aromatic N) is 2. The van der Waals surface area contributed by atoms with Crippen LogP contribution in [-0.4, -0.2) is 33.1 Å². The Labute approximate surface area is 114 Å². The van der Waals surface area contributed by atoms with Gasteiger partial charge in [-0.15, -0.1) is 0 Å². The summed E-state index contributed by atoms with van der Waals surface area (Å²) in [6.07, 6.45) is 0.113. The number of aromatic nitrogens is 2. The van der Waals surface area contributed by atoms with Crippen molar-refractivity contribution in [2.75, 3.05) is 6.54 Å². The quantitative estimate of drug-likeness (QED) is 0.561. The van der Waals surface area contributed by atoms with E-state index in [1.165, 1.54) is 12.1 Å². The summed E-state index contributed by atoms with van der Waals surface area (Å²) in [6, 6.07) is 6.19. The van der Waals surface area contributed by atoms with Gasteiger partial charge in [0.2, 0.25) is 11.7 Å². The molecule has 106 valence electrons. The Hall–Kier alpha value is -1.84. The fourth-order valence-electron chi connectivity index (χ4n) is 2.19.